The zero-order valence-electron chi connectivity index (χ0n) is 17.4. The Morgan fingerprint density at radius 3 is 2.48 bits per heavy atom. The molecule has 1 heterocycles. The van der Waals surface area contributed by atoms with Gasteiger partial charge in [-0.15, -0.1) is 0 Å². The fraction of sp³-hybridized carbons (Fsp3) is 0.0870. The Hall–Kier alpha value is -3.33. The van der Waals surface area contributed by atoms with Crippen molar-refractivity contribution in [2.45, 2.75) is 0 Å². The minimum absolute atomic E-state index is 0.133. The molecule has 7 nitrogen and oxygen atoms in total. The molecule has 1 amide bonds. The number of nitrogens with one attached hydrogen (secondary N) is 2. The summed E-state index contributed by atoms with van der Waals surface area (Å²) in [5, 5.41) is 6.61. The van der Waals surface area contributed by atoms with Crippen LogP contribution in [-0.2, 0) is 0 Å². The smallest absolute Gasteiger partial charge is 0.261 e. The third-order valence-corrected chi connectivity index (χ3v) is 5.38. The molecular weight excluding hydrogens is 485 g/mol. The van der Waals surface area contributed by atoms with Crippen LogP contribution in [0.2, 0.25) is 10.0 Å². The number of hydrogen-bond donors (Lipinski definition) is 2. The maximum Gasteiger partial charge on any atom is 0.261 e. The minimum Gasteiger partial charge on any atom is -0.497 e. The lowest BCUT2D eigenvalue weighted by Gasteiger charge is -2.12. The Kier molecular flexibility index (Phi) is 6.69. The SMILES string of the molecule is COc1ccc(C(=O)NC(=S)Nc2ccc(-c3nc4cc(Cl)cc(Cl)c4o3)cc2)c(OC)c1. The molecule has 0 radical (unpaired) electrons. The second-order valence-electron chi connectivity index (χ2n) is 6.81. The van der Waals surface area contributed by atoms with Gasteiger partial charge in [-0.25, -0.2) is 4.98 Å². The van der Waals surface area contributed by atoms with Crippen LogP contribution < -0.4 is 20.1 Å². The van der Waals surface area contributed by atoms with Crippen molar-refractivity contribution in [1.29, 1.82) is 0 Å². The molecule has 33 heavy (non-hydrogen) atoms. The van der Waals surface area contributed by atoms with Crippen LogP contribution in [0.4, 0.5) is 5.69 Å². The number of methoxy groups -OCH3 is 2. The van der Waals surface area contributed by atoms with Gasteiger partial charge in [0.15, 0.2) is 10.7 Å². The van der Waals surface area contributed by atoms with Gasteiger partial charge in [-0.3, -0.25) is 10.1 Å². The van der Waals surface area contributed by atoms with E-state index in [1.54, 1.807) is 54.6 Å². The third-order valence-electron chi connectivity index (χ3n) is 4.68. The van der Waals surface area contributed by atoms with Crippen LogP contribution in [-0.4, -0.2) is 30.2 Å². The topological polar surface area (TPSA) is 85.6 Å². The summed E-state index contributed by atoms with van der Waals surface area (Å²) in [6, 6.07) is 15.4. The number of carbonyl (C=O) groups excluding carboxylic acids is 1. The molecule has 4 rings (SSSR count). The maximum atomic E-state index is 12.6. The van der Waals surface area contributed by atoms with Gasteiger partial charge in [0.2, 0.25) is 5.89 Å². The molecule has 10 heteroatoms. The van der Waals surface area contributed by atoms with E-state index in [1.807, 2.05) is 0 Å². The fourth-order valence-corrected chi connectivity index (χ4v) is 3.83. The molecule has 0 atom stereocenters. The first-order valence-corrected chi connectivity index (χ1v) is 10.7. The quantitative estimate of drug-likeness (QED) is 0.327. The van der Waals surface area contributed by atoms with Gasteiger partial charge in [0.25, 0.3) is 5.91 Å². The average molecular weight is 502 g/mol. The number of anilines is 1. The Morgan fingerprint density at radius 2 is 1.79 bits per heavy atom. The number of thiocarbonyl (C=S) groups is 1. The highest BCUT2D eigenvalue weighted by molar-refractivity contribution is 7.80. The van der Waals surface area contributed by atoms with E-state index in [0.29, 0.717) is 49.8 Å². The van der Waals surface area contributed by atoms with Crippen molar-refractivity contribution in [2.75, 3.05) is 19.5 Å². The number of ether oxygens (including phenoxy) is 2. The lowest BCUT2D eigenvalue weighted by molar-refractivity contribution is 0.0974. The van der Waals surface area contributed by atoms with Crippen molar-refractivity contribution in [3.05, 3.63) is 70.2 Å². The average Bonchev–Trinajstić information content (AvgIpc) is 3.23. The summed E-state index contributed by atoms with van der Waals surface area (Å²) >= 11 is 17.5. The number of amides is 1. The molecule has 4 aromatic rings. The van der Waals surface area contributed by atoms with Crippen LogP contribution in [0.3, 0.4) is 0 Å². The second-order valence-corrected chi connectivity index (χ2v) is 8.06. The molecule has 3 aromatic carbocycles. The zero-order valence-corrected chi connectivity index (χ0v) is 19.8. The molecule has 1 aromatic heterocycles. The van der Waals surface area contributed by atoms with Gasteiger partial charge in [0.05, 0.1) is 24.8 Å². The van der Waals surface area contributed by atoms with E-state index in [4.69, 9.17) is 49.3 Å². The largest absolute Gasteiger partial charge is 0.497 e. The highest BCUT2D eigenvalue weighted by Gasteiger charge is 2.15. The number of rotatable bonds is 5. The van der Waals surface area contributed by atoms with Crippen molar-refractivity contribution >= 4 is 63.2 Å². The van der Waals surface area contributed by atoms with Crippen molar-refractivity contribution < 1.29 is 18.7 Å². The Bertz CT molecular complexity index is 1360. The number of benzene rings is 3. The first kappa shape index (κ1) is 22.8. The Balaban J connectivity index is 1.44. The molecule has 2 N–H and O–H groups in total. The number of halogens is 2. The van der Waals surface area contributed by atoms with Crippen molar-refractivity contribution in [3.8, 4) is 23.0 Å². The van der Waals surface area contributed by atoms with E-state index in [-0.39, 0.29) is 5.11 Å². The molecule has 0 unspecified atom stereocenters. The van der Waals surface area contributed by atoms with E-state index in [2.05, 4.69) is 15.6 Å². The van der Waals surface area contributed by atoms with Crippen LogP contribution in [0.5, 0.6) is 11.5 Å². The molecule has 0 saturated carbocycles. The van der Waals surface area contributed by atoms with E-state index in [9.17, 15) is 4.79 Å². The van der Waals surface area contributed by atoms with Gasteiger partial charge in [0, 0.05) is 22.3 Å². The van der Waals surface area contributed by atoms with Gasteiger partial charge in [-0.05, 0) is 60.7 Å². The van der Waals surface area contributed by atoms with Crippen LogP contribution in [0.25, 0.3) is 22.6 Å². The molecule has 0 bridgehead atoms. The summed E-state index contributed by atoms with van der Waals surface area (Å²) in [7, 11) is 3.01. The van der Waals surface area contributed by atoms with E-state index < -0.39 is 5.91 Å². The molecule has 0 spiro atoms. The van der Waals surface area contributed by atoms with Gasteiger partial charge < -0.3 is 19.2 Å². The van der Waals surface area contributed by atoms with Crippen molar-refractivity contribution in [3.63, 3.8) is 0 Å². The predicted molar refractivity (Wildman–Crippen MR) is 133 cm³/mol. The second kappa shape index (κ2) is 9.66. The normalized spacial score (nSPS) is 10.7. The number of hydrogen-bond acceptors (Lipinski definition) is 6. The minimum atomic E-state index is -0.411. The van der Waals surface area contributed by atoms with Crippen LogP contribution in [0.1, 0.15) is 10.4 Å². The molecule has 168 valence electrons. The summed E-state index contributed by atoms with van der Waals surface area (Å²) in [5.41, 5.74) is 2.77. The molecule has 0 fully saturated rings. The maximum absolute atomic E-state index is 12.6. The predicted octanol–water partition coefficient (Wildman–Crippen LogP) is 5.95. The van der Waals surface area contributed by atoms with Crippen LogP contribution in [0, 0.1) is 0 Å². The van der Waals surface area contributed by atoms with Gasteiger partial charge >= 0.3 is 0 Å². The monoisotopic (exact) mass is 501 g/mol. The number of nitrogens with zero attached hydrogens (tertiary/aromatic N) is 1. The summed E-state index contributed by atoms with van der Waals surface area (Å²) in [4.78, 5) is 17.0. The standard InChI is InChI=1S/C23H17Cl2N3O4S/c1-30-15-7-8-16(19(11-15)31-2)21(29)28-23(33)26-14-5-3-12(4-6-14)22-27-18-10-13(24)9-17(25)20(18)32-22/h3-11H,1-2H3,(H2,26,28,29,33). The fourth-order valence-electron chi connectivity index (χ4n) is 3.10. The lowest BCUT2D eigenvalue weighted by Crippen LogP contribution is -2.34. The zero-order chi connectivity index (χ0) is 23.5. The Labute approximate surface area is 204 Å². The summed E-state index contributed by atoms with van der Waals surface area (Å²) in [6.07, 6.45) is 0. The van der Waals surface area contributed by atoms with E-state index in [1.165, 1.54) is 14.2 Å². The van der Waals surface area contributed by atoms with Crippen LogP contribution in [0.15, 0.2) is 59.0 Å². The summed E-state index contributed by atoms with van der Waals surface area (Å²) in [6.45, 7) is 0. The highest BCUT2D eigenvalue weighted by Crippen LogP contribution is 2.32. The van der Waals surface area contributed by atoms with Gasteiger partial charge in [-0.2, -0.15) is 0 Å². The highest BCUT2D eigenvalue weighted by atomic mass is 35.5. The molecule has 0 aliphatic carbocycles. The molecule has 0 aliphatic rings. The van der Waals surface area contributed by atoms with Gasteiger partial charge in [-0.1, -0.05) is 23.2 Å². The van der Waals surface area contributed by atoms with Crippen molar-refractivity contribution in [1.82, 2.24) is 10.3 Å². The van der Waals surface area contributed by atoms with Gasteiger partial charge in [0.1, 0.15) is 17.0 Å². The number of aromatic nitrogens is 1. The number of oxazole rings is 1. The van der Waals surface area contributed by atoms with Crippen LogP contribution >= 0.6 is 35.4 Å². The summed E-state index contributed by atoms with van der Waals surface area (Å²) in [5.74, 6) is 0.945. The molecular formula is C23H17Cl2N3O4S. The van der Waals surface area contributed by atoms with E-state index >= 15 is 0 Å². The first-order valence-electron chi connectivity index (χ1n) is 9.58. The number of carbonyl (C=O) groups is 1. The first-order chi connectivity index (χ1) is 15.9. The van der Waals surface area contributed by atoms with E-state index in [0.717, 1.165) is 5.56 Å². The number of fused-ring (bicyclic) bond motifs is 1. The van der Waals surface area contributed by atoms with Crippen molar-refractivity contribution in [2.24, 2.45) is 0 Å². The Morgan fingerprint density at radius 1 is 1.03 bits per heavy atom. The summed E-state index contributed by atoms with van der Waals surface area (Å²) < 4.78 is 16.2. The molecule has 0 saturated heterocycles. The lowest BCUT2D eigenvalue weighted by atomic mass is 10.2. The third kappa shape index (κ3) is 5.03. The molecule has 0 aliphatic heterocycles.